The van der Waals surface area contributed by atoms with E-state index in [9.17, 15) is 70.9 Å². The number of carboxylic acids is 1. The number of nitrogens with two attached hydrogens (primary N) is 1. The maximum absolute atomic E-state index is 13.2. The Morgan fingerprint density at radius 1 is 0.560 bits per heavy atom. The molecule has 0 fully saturated rings. The largest absolute Gasteiger partial charge is 1.00 e. The molecule has 0 bridgehead atoms. The van der Waals surface area contributed by atoms with Crippen molar-refractivity contribution in [2.45, 2.75) is 65.7 Å². The van der Waals surface area contributed by atoms with Crippen LogP contribution in [0.2, 0.25) is 0 Å². The number of ether oxygens (including phenoxy) is 2. The van der Waals surface area contributed by atoms with Gasteiger partial charge in [0, 0.05) is 77.9 Å². The number of hydrogen-bond donors (Lipinski definition) is 4. The van der Waals surface area contributed by atoms with Crippen molar-refractivity contribution in [3.63, 3.8) is 0 Å². The van der Waals surface area contributed by atoms with Gasteiger partial charge in [0.2, 0.25) is 5.78 Å². The summed E-state index contributed by atoms with van der Waals surface area (Å²) in [6.45, 7) is 8.82. The number of carboxylic acid groups (broad SMARTS) is 1. The van der Waals surface area contributed by atoms with E-state index < -0.39 is 68.1 Å². The first-order valence-corrected chi connectivity index (χ1v) is 25.3. The van der Waals surface area contributed by atoms with Crippen LogP contribution in [0.1, 0.15) is 60.5 Å². The van der Waals surface area contributed by atoms with E-state index in [2.05, 4.69) is 16.0 Å². The van der Waals surface area contributed by atoms with Gasteiger partial charge < -0.3 is 49.9 Å². The minimum atomic E-state index is -4.88. The van der Waals surface area contributed by atoms with Gasteiger partial charge in [-0.15, -0.1) is 0 Å². The first-order chi connectivity index (χ1) is 39.4. The Bertz CT molecular complexity index is 3550. The third kappa shape index (κ3) is 20.4. The van der Waals surface area contributed by atoms with Crippen LogP contribution in [-0.2, 0) is 44.4 Å². The van der Waals surface area contributed by atoms with Crippen molar-refractivity contribution < 1.29 is 97.6 Å². The van der Waals surface area contributed by atoms with E-state index in [0.717, 1.165) is 45.2 Å². The predicted octanol–water partition coefficient (Wildman–Crippen LogP) is 8.83. The molecule has 2 heterocycles. The maximum Gasteiger partial charge on any atom is 1.00 e. The number of anilines is 4. The second kappa shape index (κ2) is 31.3. The number of fused-ring (bicyclic) bond motifs is 2. The fourth-order valence-corrected chi connectivity index (χ4v) is 7.58. The quantitative estimate of drug-likeness (QED) is 0.0130. The van der Waals surface area contributed by atoms with E-state index in [1.54, 1.807) is 48.5 Å². The van der Waals surface area contributed by atoms with Gasteiger partial charge >= 0.3 is 31.2 Å². The molecule has 0 atom stereocenters. The molecule has 8 aromatic rings. The van der Waals surface area contributed by atoms with Crippen molar-refractivity contribution in [1.29, 1.82) is 0 Å². The number of nitro benzene ring substituents is 2. The molecule has 0 saturated heterocycles. The number of furan rings is 2. The monoisotopic (exact) mass is 1160 g/mol. The number of carbonyl (C=O) groups excluding carboxylic acids is 4. The van der Waals surface area contributed by atoms with E-state index in [4.69, 9.17) is 24.0 Å². The van der Waals surface area contributed by atoms with E-state index in [0.29, 0.717) is 66.1 Å². The first kappa shape index (κ1) is 67.3. The summed E-state index contributed by atoms with van der Waals surface area (Å²) in [5.74, 6) is -1.61. The van der Waals surface area contributed by atoms with Crippen LogP contribution in [0.5, 0.6) is 11.5 Å². The zero-order valence-corrected chi connectivity index (χ0v) is 45.9. The van der Waals surface area contributed by atoms with Crippen LogP contribution in [0.4, 0.5) is 60.5 Å². The number of amides is 1. The van der Waals surface area contributed by atoms with Crippen LogP contribution < -0.4 is 55.1 Å². The van der Waals surface area contributed by atoms with E-state index in [1.807, 2.05) is 76.2 Å². The topological polar surface area (TPSA) is 284 Å². The number of Topliss-reactive ketones (excluding diaryl/α,β-unsaturated/α-hetero) is 2. The molecule has 5 N–H and O–H groups in total. The number of nitro groups is 2. The van der Waals surface area contributed by atoms with Crippen molar-refractivity contribution in [3.05, 3.63) is 187 Å². The molecule has 0 radical (unpaired) electrons. The van der Waals surface area contributed by atoms with Crippen molar-refractivity contribution in [3.8, 4) is 11.5 Å². The SMILES string of the molecule is CC.Cc1ccc2oc(CCC(=O)C(=O)NCCOc3ccc(Nc4ccc([N+](=O)[O-])c(C(F)(F)F)c4)cc3)cc2c1.Cc1ccc2oc(CCC(=O)C(=O)[O-])cc2c1.NCCOc1ccc(Nc2ccc([N+](=O)[O-])c(C(F)(F)F)c2)cc1.[Li+]. The molecule has 0 aliphatic rings. The second-order valence-corrected chi connectivity index (χ2v) is 17.7. The number of rotatable bonds is 21. The summed E-state index contributed by atoms with van der Waals surface area (Å²) in [6, 6.07) is 33.3. The Morgan fingerprint density at radius 3 is 1.33 bits per heavy atom. The van der Waals surface area contributed by atoms with E-state index >= 15 is 0 Å². The molecule has 2 aromatic heterocycles. The standard InChI is InChI=1S/C28H24F3N3O6.C15H14F3N3O3.C13H12O4.C2H6.Li/c1-17-2-11-26-18(14-17)15-22(40-26)8-10-25(35)27(36)32-12-13-39-21-6-3-19(4-7-21)33-20-5-9-24(34(37)38)23(16-20)28(29,30)31;16-15(17,18)13-9-11(3-6-14(13)21(22)23)20-10-1-4-12(5-2-10)24-8-7-19;1-8-2-5-12-9(6-8)7-10(17-12)3-4-11(14)13(15)16;1-2;/h2-7,9,11,14-16,33H,8,10,12-13H2,1H3,(H,32,36);1-6,9,20H,7-8,19H2;2,5-7H,3-4H2,1H3,(H,15,16);1-2H3;/q;;;;+1/p-1. The third-order valence-corrected chi connectivity index (χ3v) is 11.4. The average molecular weight is 1170 g/mol. The molecule has 84 heavy (non-hydrogen) atoms. The molecular weight excluding hydrogens is 1110 g/mol. The number of halogens is 6. The zero-order valence-electron chi connectivity index (χ0n) is 45.9. The summed E-state index contributed by atoms with van der Waals surface area (Å²) >= 11 is 0. The Morgan fingerprint density at radius 2 is 0.952 bits per heavy atom. The molecule has 0 aliphatic carbocycles. The molecule has 26 heteroatoms. The Kier molecular flexibility index (Phi) is 25.1. The van der Waals surface area contributed by atoms with Crippen molar-refractivity contribution in [2.75, 3.05) is 36.9 Å². The number of alkyl halides is 6. The molecule has 0 spiro atoms. The zero-order chi connectivity index (χ0) is 61.0. The summed E-state index contributed by atoms with van der Waals surface area (Å²) in [4.78, 5) is 64.9. The van der Waals surface area contributed by atoms with Gasteiger partial charge in [-0.2, -0.15) is 26.3 Å². The molecule has 0 unspecified atom stereocenters. The molecular formula is C58H55F6LiN6O13. The molecule has 19 nitrogen and oxygen atoms in total. The summed E-state index contributed by atoms with van der Waals surface area (Å²) in [6.07, 6.45) is -9.22. The number of carbonyl (C=O) groups is 4. The Labute approximate surface area is 488 Å². The van der Waals surface area contributed by atoms with Gasteiger partial charge in [0.15, 0.2) is 5.78 Å². The van der Waals surface area contributed by atoms with Crippen LogP contribution >= 0.6 is 0 Å². The van der Waals surface area contributed by atoms with Crippen LogP contribution in [-0.4, -0.2) is 59.6 Å². The first-order valence-electron chi connectivity index (χ1n) is 25.3. The minimum absolute atomic E-state index is 0. The van der Waals surface area contributed by atoms with E-state index in [-0.39, 0.29) is 62.6 Å². The number of benzene rings is 6. The molecule has 0 aliphatic heterocycles. The van der Waals surface area contributed by atoms with Crippen LogP contribution in [0.3, 0.4) is 0 Å². The number of hydrogen-bond acceptors (Lipinski definition) is 16. The van der Waals surface area contributed by atoms with Crippen molar-refractivity contribution in [1.82, 2.24) is 5.32 Å². The van der Waals surface area contributed by atoms with Crippen molar-refractivity contribution in [2.24, 2.45) is 5.73 Å². The summed E-state index contributed by atoms with van der Waals surface area (Å²) in [5.41, 5.74) is 5.36. The smallest absolute Gasteiger partial charge is 0.542 e. The summed E-state index contributed by atoms with van der Waals surface area (Å²) < 4.78 is 100. The van der Waals surface area contributed by atoms with Crippen molar-refractivity contribution >= 4 is 79.5 Å². The average Bonchev–Trinajstić information content (AvgIpc) is 3.37. The fraction of sp³-hybridized carbons (Fsp3) is 0.241. The summed E-state index contributed by atoms with van der Waals surface area (Å²) in [5, 5.41) is 41.8. The number of nitrogens with one attached hydrogen (secondary N) is 3. The Balaban J connectivity index is 0.000000291. The molecule has 438 valence electrons. The molecule has 0 saturated carbocycles. The number of aliphatic carboxylic acids is 1. The number of ketones is 2. The van der Waals surface area contributed by atoms with Gasteiger partial charge in [-0.3, -0.25) is 34.6 Å². The number of nitrogens with zero attached hydrogens (tertiary/aromatic N) is 2. The molecule has 1 amide bonds. The van der Waals surface area contributed by atoms with Crippen LogP contribution in [0.25, 0.3) is 21.9 Å². The normalized spacial score (nSPS) is 10.8. The van der Waals surface area contributed by atoms with Gasteiger partial charge in [-0.05, 0) is 123 Å². The third-order valence-electron chi connectivity index (χ3n) is 11.4. The number of aryl methyl sites for hydroxylation is 4. The van der Waals surface area contributed by atoms with Gasteiger partial charge in [-0.1, -0.05) is 37.1 Å². The van der Waals surface area contributed by atoms with Gasteiger partial charge in [0.1, 0.15) is 64.5 Å². The minimum Gasteiger partial charge on any atom is -0.542 e. The second-order valence-electron chi connectivity index (χ2n) is 17.7. The van der Waals surface area contributed by atoms with Gasteiger partial charge in [0.05, 0.1) is 16.4 Å². The molecule has 6 aromatic carbocycles. The van der Waals surface area contributed by atoms with E-state index in [1.165, 1.54) is 12.1 Å². The van der Waals surface area contributed by atoms with Gasteiger partial charge in [-0.25, -0.2) is 0 Å². The predicted molar refractivity (Wildman–Crippen MR) is 294 cm³/mol. The maximum atomic E-state index is 13.2. The summed E-state index contributed by atoms with van der Waals surface area (Å²) in [7, 11) is 0. The van der Waals surface area contributed by atoms with Crippen LogP contribution in [0, 0.1) is 34.1 Å². The van der Waals surface area contributed by atoms with Gasteiger partial charge in [0.25, 0.3) is 17.3 Å². The molecule has 8 rings (SSSR count). The van der Waals surface area contributed by atoms with Crippen LogP contribution in [0.15, 0.2) is 142 Å². The Hall–Kier alpha value is -9.18. The fourth-order valence-electron chi connectivity index (χ4n) is 7.58.